The summed E-state index contributed by atoms with van der Waals surface area (Å²) in [7, 11) is 0. The van der Waals surface area contributed by atoms with Gasteiger partial charge in [0.05, 0.1) is 0 Å². The van der Waals surface area contributed by atoms with Crippen molar-refractivity contribution in [1.29, 1.82) is 0 Å². The third-order valence-electron chi connectivity index (χ3n) is 2.74. The second kappa shape index (κ2) is 6.92. The second-order valence-corrected chi connectivity index (χ2v) is 4.88. The normalized spacial score (nSPS) is 12.1. The van der Waals surface area contributed by atoms with Crippen LogP contribution in [0.5, 0.6) is 0 Å². The molecule has 1 amide bonds. The van der Waals surface area contributed by atoms with Crippen LogP contribution in [0, 0.1) is 0 Å². The molecule has 2 N–H and O–H groups in total. The van der Waals surface area contributed by atoms with E-state index in [4.69, 9.17) is 0 Å². The van der Waals surface area contributed by atoms with Gasteiger partial charge in [0.25, 0.3) is 0 Å². The van der Waals surface area contributed by atoms with Crippen LogP contribution >= 0.6 is 0 Å². The lowest BCUT2D eigenvalue weighted by atomic mass is 10.1. The molecule has 0 aliphatic carbocycles. The van der Waals surface area contributed by atoms with E-state index in [0.717, 1.165) is 5.69 Å². The minimum atomic E-state index is -0.310. The quantitative estimate of drug-likeness (QED) is 0.775. The van der Waals surface area contributed by atoms with Crippen molar-refractivity contribution in [3.8, 4) is 0 Å². The monoisotopic (exact) mass is 262 g/mol. The van der Waals surface area contributed by atoms with E-state index in [2.05, 4.69) is 10.6 Å². The Hall–Kier alpha value is -1.84. The second-order valence-electron chi connectivity index (χ2n) is 4.88. The molecule has 19 heavy (non-hydrogen) atoms. The van der Waals surface area contributed by atoms with E-state index in [1.165, 1.54) is 0 Å². The van der Waals surface area contributed by atoms with E-state index >= 15 is 0 Å². The Kier molecular flexibility index (Phi) is 5.55. The summed E-state index contributed by atoms with van der Waals surface area (Å²) in [6.07, 6.45) is 0.500. The molecule has 0 fully saturated rings. The maximum atomic E-state index is 11.8. The number of carbonyl (C=O) groups is 2. The molecular formula is C15H22N2O2. The van der Waals surface area contributed by atoms with Crippen molar-refractivity contribution in [2.75, 3.05) is 5.32 Å². The highest BCUT2D eigenvalue weighted by Gasteiger charge is 2.13. The number of ketones is 1. The number of hydrogen-bond acceptors (Lipinski definition) is 3. The SMILES string of the molecule is CCC(=O)c1ccc(NC(C)C(=O)NC(C)C)cc1. The number of amides is 1. The lowest BCUT2D eigenvalue weighted by Crippen LogP contribution is -2.40. The fourth-order valence-electron chi connectivity index (χ4n) is 1.68. The Bertz CT molecular complexity index is 438. The van der Waals surface area contributed by atoms with Gasteiger partial charge in [0.15, 0.2) is 5.78 Å². The fourth-order valence-corrected chi connectivity index (χ4v) is 1.68. The van der Waals surface area contributed by atoms with Crippen molar-refractivity contribution < 1.29 is 9.59 Å². The molecule has 0 saturated heterocycles. The third-order valence-corrected chi connectivity index (χ3v) is 2.74. The molecule has 1 unspecified atom stereocenters. The number of rotatable bonds is 6. The lowest BCUT2D eigenvalue weighted by Gasteiger charge is -2.17. The molecule has 0 saturated carbocycles. The Morgan fingerprint density at radius 1 is 1.11 bits per heavy atom. The largest absolute Gasteiger partial charge is 0.374 e. The lowest BCUT2D eigenvalue weighted by molar-refractivity contribution is -0.122. The predicted octanol–water partition coefficient (Wildman–Crippen LogP) is 2.60. The summed E-state index contributed by atoms with van der Waals surface area (Å²) in [5, 5.41) is 5.95. The molecule has 4 heteroatoms. The molecule has 0 aliphatic rings. The van der Waals surface area contributed by atoms with E-state index in [-0.39, 0.29) is 23.8 Å². The zero-order chi connectivity index (χ0) is 14.4. The van der Waals surface area contributed by atoms with Crippen LogP contribution in [0.2, 0.25) is 0 Å². The van der Waals surface area contributed by atoms with E-state index in [9.17, 15) is 9.59 Å². The summed E-state index contributed by atoms with van der Waals surface area (Å²) in [5.41, 5.74) is 1.53. The van der Waals surface area contributed by atoms with Gasteiger partial charge in [-0.1, -0.05) is 6.92 Å². The highest BCUT2D eigenvalue weighted by molar-refractivity contribution is 5.96. The van der Waals surface area contributed by atoms with Crippen LogP contribution in [0.15, 0.2) is 24.3 Å². The summed E-state index contributed by atoms with van der Waals surface area (Å²) < 4.78 is 0. The molecule has 0 spiro atoms. The van der Waals surface area contributed by atoms with Gasteiger partial charge in [-0.15, -0.1) is 0 Å². The average molecular weight is 262 g/mol. The third kappa shape index (κ3) is 4.73. The molecule has 0 heterocycles. The molecule has 4 nitrogen and oxygen atoms in total. The maximum Gasteiger partial charge on any atom is 0.242 e. The first-order valence-electron chi connectivity index (χ1n) is 6.64. The first kappa shape index (κ1) is 15.2. The predicted molar refractivity (Wildman–Crippen MR) is 77.4 cm³/mol. The molecule has 1 atom stereocenters. The molecule has 1 aromatic rings. The standard InChI is InChI=1S/C15H22N2O2/c1-5-14(18)12-6-8-13(9-7-12)17-11(4)15(19)16-10(2)3/h6-11,17H,5H2,1-4H3,(H,16,19). The summed E-state index contributed by atoms with van der Waals surface area (Å²) >= 11 is 0. The van der Waals surface area contributed by atoms with E-state index in [0.29, 0.717) is 12.0 Å². The van der Waals surface area contributed by atoms with E-state index < -0.39 is 0 Å². The average Bonchev–Trinajstić information content (AvgIpc) is 2.37. The number of anilines is 1. The molecule has 1 rings (SSSR count). The van der Waals surface area contributed by atoms with Crippen molar-refractivity contribution in [1.82, 2.24) is 5.32 Å². The maximum absolute atomic E-state index is 11.8. The van der Waals surface area contributed by atoms with Gasteiger partial charge < -0.3 is 10.6 Å². The van der Waals surface area contributed by atoms with Gasteiger partial charge in [-0.3, -0.25) is 9.59 Å². The van der Waals surface area contributed by atoms with Crippen molar-refractivity contribution >= 4 is 17.4 Å². The first-order valence-corrected chi connectivity index (χ1v) is 6.64. The van der Waals surface area contributed by atoms with Crippen molar-refractivity contribution in [2.45, 2.75) is 46.2 Å². The zero-order valence-electron chi connectivity index (χ0n) is 12.0. The number of benzene rings is 1. The molecule has 0 radical (unpaired) electrons. The van der Waals surface area contributed by atoms with Gasteiger partial charge in [-0.2, -0.15) is 0 Å². The van der Waals surface area contributed by atoms with Gasteiger partial charge in [0.1, 0.15) is 6.04 Å². The zero-order valence-corrected chi connectivity index (χ0v) is 12.0. The first-order chi connectivity index (χ1) is 8.93. The Labute approximate surface area is 114 Å². The number of hydrogen-bond donors (Lipinski definition) is 2. The van der Waals surface area contributed by atoms with Crippen molar-refractivity contribution in [3.05, 3.63) is 29.8 Å². The summed E-state index contributed by atoms with van der Waals surface area (Å²) in [6.45, 7) is 7.50. The Morgan fingerprint density at radius 3 is 2.16 bits per heavy atom. The molecule has 104 valence electrons. The van der Waals surface area contributed by atoms with Crippen LogP contribution in [0.3, 0.4) is 0 Å². The van der Waals surface area contributed by atoms with Crippen molar-refractivity contribution in [2.24, 2.45) is 0 Å². The summed E-state index contributed by atoms with van der Waals surface area (Å²) in [5.74, 6) is 0.0841. The highest BCUT2D eigenvalue weighted by Crippen LogP contribution is 2.12. The minimum absolute atomic E-state index is 0.0382. The Morgan fingerprint density at radius 2 is 1.68 bits per heavy atom. The van der Waals surface area contributed by atoms with Crippen LogP contribution in [0.4, 0.5) is 5.69 Å². The van der Waals surface area contributed by atoms with E-state index in [1.54, 1.807) is 12.1 Å². The highest BCUT2D eigenvalue weighted by atomic mass is 16.2. The fraction of sp³-hybridized carbons (Fsp3) is 0.467. The number of nitrogens with one attached hydrogen (secondary N) is 2. The van der Waals surface area contributed by atoms with Gasteiger partial charge >= 0.3 is 0 Å². The molecule has 0 aliphatic heterocycles. The smallest absolute Gasteiger partial charge is 0.242 e. The Balaban J connectivity index is 2.62. The minimum Gasteiger partial charge on any atom is -0.374 e. The van der Waals surface area contributed by atoms with E-state index in [1.807, 2.05) is 39.8 Å². The van der Waals surface area contributed by atoms with Crippen LogP contribution < -0.4 is 10.6 Å². The molecule has 1 aromatic carbocycles. The van der Waals surface area contributed by atoms with Crippen LogP contribution in [0.25, 0.3) is 0 Å². The van der Waals surface area contributed by atoms with Gasteiger partial charge in [0, 0.05) is 23.7 Å². The molecule has 0 bridgehead atoms. The summed E-state index contributed by atoms with van der Waals surface area (Å²) in [4.78, 5) is 23.2. The van der Waals surface area contributed by atoms with Gasteiger partial charge in [-0.25, -0.2) is 0 Å². The van der Waals surface area contributed by atoms with Gasteiger partial charge in [-0.05, 0) is 45.0 Å². The molecular weight excluding hydrogens is 240 g/mol. The van der Waals surface area contributed by atoms with Crippen molar-refractivity contribution in [3.63, 3.8) is 0 Å². The van der Waals surface area contributed by atoms with Crippen LogP contribution in [0.1, 0.15) is 44.5 Å². The van der Waals surface area contributed by atoms with Crippen LogP contribution in [-0.4, -0.2) is 23.8 Å². The summed E-state index contributed by atoms with van der Waals surface area (Å²) in [6, 6.07) is 7.02. The number of carbonyl (C=O) groups excluding carboxylic acids is 2. The number of Topliss-reactive ketones (excluding diaryl/α,β-unsaturated/α-hetero) is 1. The topological polar surface area (TPSA) is 58.2 Å². The van der Waals surface area contributed by atoms with Gasteiger partial charge in [0.2, 0.25) is 5.91 Å². The molecule has 0 aromatic heterocycles. The van der Waals surface area contributed by atoms with Crippen LogP contribution in [-0.2, 0) is 4.79 Å².